The van der Waals surface area contributed by atoms with Crippen molar-refractivity contribution in [3.05, 3.63) is 54.4 Å². The second-order valence-corrected chi connectivity index (χ2v) is 7.73. The molecule has 0 unspecified atom stereocenters. The van der Waals surface area contributed by atoms with Crippen LogP contribution in [0.5, 0.6) is 0 Å². The molecular weight excluding hydrogens is 398 g/mol. The second-order valence-electron chi connectivity index (χ2n) is 6.35. The van der Waals surface area contributed by atoms with Crippen molar-refractivity contribution in [1.82, 2.24) is 29.5 Å². The van der Waals surface area contributed by atoms with Crippen LogP contribution in [0.2, 0.25) is 5.02 Å². The third-order valence-corrected chi connectivity index (χ3v) is 5.43. The molecular formula is C18H18ClN7OS. The van der Waals surface area contributed by atoms with Crippen molar-refractivity contribution in [1.29, 1.82) is 0 Å². The molecule has 1 aliphatic carbocycles. The number of carbonyl (C=O) groups is 1. The first-order valence-corrected chi connectivity index (χ1v) is 10.1. The van der Waals surface area contributed by atoms with Gasteiger partial charge in [-0.3, -0.25) is 4.79 Å². The van der Waals surface area contributed by atoms with E-state index in [2.05, 4.69) is 32.2 Å². The van der Waals surface area contributed by atoms with Gasteiger partial charge in [-0.05, 0) is 31.0 Å². The highest BCUT2D eigenvalue weighted by molar-refractivity contribution is 7.99. The molecule has 8 nitrogen and oxygen atoms in total. The van der Waals surface area contributed by atoms with E-state index in [9.17, 15) is 4.79 Å². The van der Waals surface area contributed by atoms with Gasteiger partial charge in [0.25, 0.3) is 0 Å². The second kappa shape index (κ2) is 8.15. The van der Waals surface area contributed by atoms with Crippen molar-refractivity contribution in [2.75, 3.05) is 11.1 Å². The van der Waals surface area contributed by atoms with Gasteiger partial charge in [0.05, 0.1) is 17.1 Å². The number of carbonyl (C=O) groups excluding carboxylic acids is 1. The summed E-state index contributed by atoms with van der Waals surface area (Å²) in [6, 6.07) is 5.20. The lowest BCUT2D eigenvalue weighted by molar-refractivity contribution is -0.113. The number of aromatic nitrogens is 6. The number of anilines is 1. The number of nitrogens with zero attached hydrogens (tertiary/aromatic N) is 6. The van der Waals surface area contributed by atoms with E-state index in [4.69, 9.17) is 11.6 Å². The topological polar surface area (TPSA) is 90.5 Å². The molecule has 1 amide bonds. The Morgan fingerprint density at radius 1 is 1.39 bits per heavy atom. The maximum absolute atomic E-state index is 12.5. The highest BCUT2D eigenvalue weighted by atomic mass is 35.5. The van der Waals surface area contributed by atoms with Gasteiger partial charge in [-0.25, -0.2) is 9.67 Å². The zero-order chi connectivity index (χ0) is 19.5. The molecule has 1 N–H and O–H groups in total. The zero-order valence-corrected chi connectivity index (χ0v) is 16.5. The van der Waals surface area contributed by atoms with Gasteiger partial charge >= 0.3 is 0 Å². The van der Waals surface area contributed by atoms with Crippen molar-refractivity contribution >= 4 is 35.0 Å². The molecule has 2 heterocycles. The highest BCUT2D eigenvalue weighted by Crippen LogP contribution is 2.40. The van der Waals surface area contributed by atoms with Gasteiger partial charge in [-0.15, -0.1) is 16.8 Å². The Morgan fingerprint density at radius 2 is 2.25 bits per heavy atom. The predicted molar refractivity (Wildman–Crippen MR) is 108 cm³/mol. The highest BCUT2D eigenvalue weighted by Gasteiger charge is 2.30. The van der Waals surface area contributed by atoms with Crippen LogP contribution in [0, 0.1) is 0 Å². The molecule has 0 aliphatic heterocycles. The minimum absolute atomic E-state index is 0.172. The van der Waals surface area contributed by atoms with Crippen molar-refractivity contribution < 1.29 is 4.79 Å². The molecule has 1 saturated carbocycles. The quantitative estimate of drug-likeness (QED) is 0.448. The summed E-state index contributed by atoms with van der Waals surface area (Å²) in [5, 5.41) is 16.8. The molecule has 0 bridgehead atoms. The molecule has 1 fully saturated rings. The predicted octanol–water partition coefficient (Wildman–Crippen LogP) is 3.31. The molecule has 0 radical (unpaired) electrons. The Morgan fingerprint density at radius 3 is 2.96 bits per heavy atom. The van der Waals surface area contributed by atoms with Gasteiger partial charge in [-0.1, -0.05) is 29.4 Å². The summed E-state index contributed by atoms with van der Waals surface area (Å²) in [7, 11) is 0. The standard InChI is InChI=1S/C18H18ClN7OS/c1-2-7-25-17(12-3-4-12)23-24-18(25)28-9-16(27)22-14-8-13(19)5-6-15(14)26-11-20-10-21-26/h2,5-6,8,10-12H,1,3-4,7,9H2,(H,22,27). The molecule has 1 aromatic carbocycles. The SMILES string of the molecule is C=CCn1c(SCC(=O)Nc2cc(Cl)ccc2-n2cncn2)nnc1C1CC1. The Hall–Kier alpha value is -2.65. The number of hydrogen-bond donors (Lipinski definition) is 1. The minimum atomic E-state index is -0.172. The summed E-state index contributed by atoms with van der Waals surface area (Å²) in [4.78, 5) is 16.5. The number of hydrogen-bond acceptors (Lipinski definition) is 6. The fourth-order valence-corrected chi connectivity index (χ4v) is 3.74. The van der Waals surface area contributed by atoms with Crippen LogP contribution in [0.3, 0.4) is 0 Å². The van der Waals surface area contributed by atoms with Gasteiger partial charge in [0, 0.05) is 17.5 Å². The van der Waals surface area contributed by atoms with E-state index in [-0.39, 0.29) is 11.7 Å². The lowest BCUT2D eigenvalue weighted by Gasteiger charge is -2.11. The number of allylic oxidation sites excluding steroid dienone is 1. The van der Waals surface area contributed by atoms with Crippen LogP contribution >= 0.6 is 23.4 Å². The Kier molecular flexibility index (Phi) is 5.45. The van der Waals surface area contributed by atoms with Gasteiger partial charge in [0.2, 0.25) is 5.91 Å². The maximum atomic E-state index is 12.5. The molecule has 0 atom stereocenters. The summed E-state index contributed by atoms with van der Waals surface area (Å²) in [5.41, 5.74) is 1.25. The first-order chi connectivity index (χ1) is 13.7. The number of nitrogens with one attached hydrogen (secondary N) is 1. The summed E-state index contributed by atoms with van der Waals surface area (Å²) in [6.45, 7) is 4.43. The minimum Gasteiger partial charge on any atom is -0.323 e. The first kappa shape index (κ1) is 18.7. The number of thioether (sulfide) groups is 1. The Labute approximate surface area is 171 Å². The van der Waals surface area contributed by atoms with E-state index in [1.54, 1.807) is 29.2 Å². The van der Waals surface area contributed by atoms with E-state index in [1.165, 1.54) is 18.1 Å². The van der Waals surface area contributed by atoms with Gasteiger partial charge < -0.3 is 9.88 Å². The van der Waals surface area contributed by atoms with Gasteiger partial charge in [0.15, 0.2) is 5.16 Å². The van der Waals surface area contributed by atoms with E-state index in [0.717, 1.165) is 23.8 Å². The monoisotopic (exact) mass is 415 g/mol. The number of amides is 1. The number of benzene rings is 1. The molecule has 28 heavy (non-hydrogen) atoms. The lowest BCUT2D eigenvalue weighted by atomic mass is 10.2. The molecule has 4 rings (SSSR count). The maximum Gasteiger partial charge on any atom is 0.234 e. The van der Waals surface area contributed by atoms with Crippen LogP contribution in [0.4, 0.5) is 5.69 Å². The molecule has 1 aliphatic rings. The number of halogens is 1. The normalized spacial score (nSPS) is 13.5. The van der Waals surface area contributed by atoms with E-state index >= 15 is 0 Å². The van der Waals surface area contributed by atoms with Crippen LogP contribution in [-0.2, 0) is 11.3 Å². The fraction of sp³-hybridized carbons (Fsp3) is 0.278. The lowest BCUT2D eigenvalue weighted by Crippen LogP contribution is -2.16. The van der Waals surface area contributed by atoms with Crippen LogP contribution in [-0.4, -0.2) is 41.2 Å². The van der Waals surface area contributed by atoms with Gasteiger partial charge in [0.1, 0.15) is 18.5 Å². The number of rotatable bonds is 8. The molecule has 10 heteroatoms. The average molecular weight is 416 g/mol. The molecule has 144 valence electrons. The molecule has 3 aromatic rings. The third kappa shape index (κ3) is 4.10. The van der Waals surface area contributed by atoms with E-state index < -0.39 is 0 Å². The molecule has 0 spiro atoms. The van der Waals surface area contributed by atoms with Crippen molar-refractivity contribution in [2.24, 2.45) is 0 Å². The zero-order valence-electron chi connectivity index (χ0n) is 15.0. The Bertz CT molecular complexity index is 998. The van der Waals surface area contributed by atoms with E-state index in [1.807, 2.05) is 10.6 Å². The third-order valence-electron chi connectivity index (χ3n) is 4.23. The van der Waals surface area contributed by atoms with E-state index in [0.29, 0.717) is 28.9 Å². The van der Waals surface area contributed by atoms with Crippen LogP contribution < -0.4 is 5.32 Å². The van der Waals surface area contributed by atoms with Crippen molar-refractivity contribution in [2.45, 2.75) is 30.5 Å². The smallest absolute Gasteiger partial charge is 0.234 e. The van der Waals surface area contributed by atoms with Crippen LogP contribution in [0.1, 0.15) is 24.6 Å². The largest absolute Gasteiger partial charge is 0.323 e. The van der Waals surface area contributed by atoms with Gasteiger partial charge in [-0.2, -0.15) is 5.10 Å². The molecule has 0 saturated heterocycles. The summed E-state index contributed by atoms with van der Waals surface area (Å²) < 4.78 is 3.60. The fourth-order valence-electron chi connectivity index (χ4n) is 2.81. The van der Waals surface area contributed by atoms with Crippen LogP contribution in [0.15, 0.2) is 48.7 Å². The Balaban J connectivity index is 1.46. The molecule has 2 aromatic heterocycles. The van der Waals surface area contributed by atoms with Crippen molar-refractivity contribution in [3.8, 4) is 5.69 Å². The average Bonchev–Trinajstić information content (AvgIpc) is 3.22. The first-order valence-electron chi connectivity index (χ1n) is 8.77. The van der Waals surface area contributed by atoms with Crippen molar-refractivity contribution in [3.63, 3.8) is 0 Å². The summed E-state index contributed by atoms with van der Waals surface area (Å²) in [6.07, 6.45) is 7.08. The summed E-state index contributed by atoms with van der Waals surface area (Å²) >= 11 is 7.45. The summed E-state index contributed by atoms with van der Waals surface area (Å²) in [5.74, 6) is 1.48. The van der Waals surface area contributed by atoms with Crippen LogP contribution in [0.25, 0.3) is 5.69 Å².